The van der Waals surface area contributed by atoms with Gasteiger partial charge >= 0.3 is 6.36 Å². The van der Waals surface area contributed by atoms with Gasteiger partial charge in [0.15, 0.2) is 0 Å². The number of alkyl halides is 3. The average Bonchev–Trinajstić information content (AvgIpc) is 2.58. The summed E-state index contributed by atoms with van der Waals surface area (Å²) in [6.07, 6.45) is -1.23. The molecule has 0 radical (unpaired) electrons. The van der Waals surface area contributed by atoms with Gasteiger partial charge in [0.05, 0.1) is 25.1 Å². The summed E-state index contributed by atoms with van der Waals surface area (Å²) in [5.41, 5.74) is 2.02. The molecule has 26 heavy (non-hydrogen) atoms. The van der Waals surface area contributed by atoms with Crippen LogP contribution in [0.4, 0.5) is 13.2 Å². The summed E-state index contributed by atoms with van der Waals surface area (Å²) in [5.74, 6) is 0.566. The molecule has 0 amide bonds. The highest BCUT2D eigenvalue weighted by molar-refractivity contribution is 5.71. The first-order valence-electron chi connectivity index (χ1n) is 8.34. The number of rotatable bonds is 7. The molecular formula is C19H22F3NO3. The van der Waals surface area contributed by atoms with Crippen molar-refractivity contribution in [2.45, 2.75) is 46.1 Å². The summed E-state index contributed by atoms with van der Waals surface area (Å²) in [7, 11) is 1.39. The highest BCUT2D eigenvalue weighted by atomic mass is 19.4. The Kier molecular flexibility index (Phi) is 6.34. The Hall–Kier alpha value is -2.44. The normalized spacial score (nSPS) is 11.5. The second-order valence-electron chi connectivity index (χ2n) is 5.80. The number of hydrogen-bond acceptors (Lipinski definition) is 4. The predicted octanol–water partition coefficient (Wildman–Crippen LogP) is 5.53. The second-order valence-corrected chi connectivity index (χ2v) is 5.80. The van der Waals surface area contributed by atoms with E-state index in [2.05, 4.69) is 23.6 Å². The Morgan fingerprint density at radius 3 is 2.31 bits per heavy atom. The van der Waals surface area contributed by atoms with Crippen LogP contribution in [0, 0.1) is 6.92 Å². The first-order chi connectivity index (χ1) is 12.3. The molecule has 0 fully saturated rings. The van der Waals surface area contributed by atoms with Crippen LogP contribution < -0.4 is 14.2 Å². The SMILES string of the molecule is CCC(CC)Oc1cnc(-c2ccc(OC(F)(F)F)cc2OC)c(C)c1. The highest BCUT2D eigenvalue weighted by Gasteiger charge is 2.31. The first-order valence-corrected chi connectivity index (χ1v) is 8.34. The van der Waals surface area contributed by atoms with E-state index in [4.69, 9.17) is 9.47 Å². The number of aromatic nitrogens is 1. The van der Waals surface area contributed by atoms with Gasteiger partial charge in [-0.2, -0.15) is 0 Å². The smallest absolute Gasteiger partial charge is 0.496 e. The van der Waals surface area contributed by atoms with Crippen LogP contribution in [0.15, 0.2) is 30.5 Å². The predicted molar refractivity (Wildman–Crippen MR) is 92.6 cm³/mol. The second kappa shape index (κ2) is 8.29. The minimum absolute atomic E-state index is 0.121. The number of benzene rings is 1. The van der Waals surface area contributed by atoms with E-state index >= 15 is 0 Å². The Bertz CT molecular complexity index is 743. The summed E-state index contributed by atoms with van der Waals surface area (Å²) < 4.78 is 52.2. The number of aryl methyl sites for hydroxylation is 1. The van der Waals surface area contributed by atoms with Gasteiger partial charge in [-0.25, -0.2) is 0 Å². The highest BCUT2D eigenvalue weighted by Crippen LogP contribution is 2.36. The molecule has 0 aliphatic rings. The van der Waals surface area contributed by atoms with E-state index in [1.54, 1.807) is 6.20 Å². The topological polar surface area (TPSA) is 40.6 Å². The Morgan fingerprint density at radius 1 is 1.08 bits per heavy atom. The van der Waals surface area contributed by atoms with Crippen molar-refractivity contribution >= 4 is 0 Å². The quantitative estimate of drug-likeness (QED) is 0.643. The van der Waals surface area contributed by atoms with Crippen LogP contribution in [-0.4, -0.2) is 24.6 Å². The first kappa shape index (κ1) is 19.9. The lowest BCUT2D eigenvalue weighted by molar-refractivity contribution is -0.274. The van der Waals surface area contributed by atoms with Crippen LogP contribution in [0.1, 0.15) is 32.3 Å². The zero-order valence-corrected chi connectivity index (χ0v) is 15.2. The zero-order chi connectivity index (χ0) is 19.3. The van der Waals surface area contributed by atoms with Crippen molar-refractivity contribution in [1.29, 1.82) is 0 Å². The van der Waals surface area contributed by atoms with E-state index in [9.17, 15) is 13.2 Å². The van der Waals surface area contributed by atoms with Gasteiger partial charge in [-0.15, -0.1) is 13.2 Å². The van der Waals surface area contributed by atoms with Crippen molar-refractivity contribution in [2.75, 3.05) is 7.11 Å². The van der Waals surface area contributed by atoms with Crippen LogP contribution in [0.25, 0.3) is 11.3 Å². The molecule has 0 saturated heterocycles. The van der Waals surface area contributed by atoms with Gasteiger partial charge in [0.2, 0.25) is 0 Å². The molecule has 1 heterocycles. The summed E-state index contributed by atoms with van der Waals surface area (Å²) in [5, 5.41) is 0. The van der Waals surface area contributed by atoms with E-state index in [0.717, 1.165) is 18.4 Å². The summed E-state index contributed by atoms with van der Waals surface area (Å²) >= 11 is 0. The minimum Gasteiger partial charge on any atom is -0.496 e. The van der Waals surface area contributed by atoms with Crippen molar-refractivity contribution in [1.82, 2.24) is 4.98 Å². The Labute approximate surface area is 150 Å². The van der Waals surface area contributed by atoms with E-state index in [0.29, 0.717) is 17.0 Å². The van der Waals surface area contributed by atoms with E-state index in [1.807, 2.05) is 13.0 Å². The molecule has 2 rings (SSSR count). The fourth-order valence-corrected chi connectivity index (χ4v) is 2.61. The summed E-state index contributed by atoms with van der Waals surface area (Å²) in [6, 6.07) is 5.79. The maximum Gasteiger partial charge on any atom is 0.573 e. The molecular weight excluding hydrogens is 347 g/mol. The van der Waals surface area contributed by atoms with Crippen molar-refractivity contribution in [3.63, 3.8) is 0 Å². The number of pyridine rings is 1. The van der Waals surface area contributed by atoms with Gasteiger partial charge in [0.1, 0.15) is 17.2 Å². The lowest BCUT2D eigenvalue weighted by Crippen LogP contribution is -2.17. The standard InChI is InChI=1S/C19H22F3NO3/c1-5-13(6-2)25-15-9-12(3)18(23-11-15)16-8-7-14(10-17(16)24-4)26-19(20,21)22/h7-11,13H,5-6H2,1-4H3. The Morgan fingerprint density at radius 2 is 1.77 bits per heavy atom. The lowest BCUT2D eigenvalue weighted by atomic mass is 10.1. The largest absolute Gasteiger partial charge is 0.573 e. The van der Waals surface area contributed by atoms with Crippen molar-refractivity contribution in [3.8, 4) is 28.5 Å². The molecule has 0 bridgehead atoms. The average molecular weight is 369 g/mol. The zero-order valence-electron chi connectivity index (χ0n) is 15.2. The molecule has 7 heteroatoms. The van der Waals surface area contributed by atoms with E-state index < -0.39 is 6.36 Å². The molecule has 1 aromatic carbocycles. The van der Waals surface area contributed by atoms with Gasteiger partial charge in [0.25, 0.3) is 0 Å². The molecule has 0 N–H and O–H groups in total. The maximum atomic E-state index is 12.4. The van der Waals surface area contributed by atoms with Gasteiger partial charge in [-0.1, -0.05) is 13.8 Å². The summed E-state index contributed by atoms with van der Waals surface area (Å²) in [4.78, 5) is 4.41. The number of methoxy groups -OCH3 is 1. The molecule has 0 unspecified atom stereocenters. The number of ether oxygens (including phenoxy) is 3. The van der Waals surface area contributed by atoms with Crippen molar-refractivity contribution in [2.24, 2.45) is 0 Å². The molecule has 0 aliphatic heterocycles. The fraction of sp³-hybridized carbons (Fsp3) is 0.421. The van der Waals surface area contributed by atoms with Crippen LogP contribution in [0.5, 0.6) is 17.2 Å². The number of halogens is 3. The van der Waals surface area contributed by atoms with Crippen molar-refractivity contribution < 1.29 is 27.4 Å². The van der Waals surface area contributed by atoms with Crippen molar-refractivity contribution in [3.05, 3.63) is 36.0 Å². The van der Waals surface area contributed by atoms with Gasteiger partial charge in [-0.3, -0.25) is 4.98 Å². The number of nitrogens with zero attached hydrogens (tertiary/aromatic N) is 1. The molecule has 142 valence electrons. The fourth-order valence-electron chi connectivity index (χ4n) is 2.61. The van der Waals surface area contributed by atoms with Gasteiger partial charge in [0, 0.05) is 11.6 Å². The molecule has 2 aromatic rings. The van der Waals surface area contributed by atoms with Gasteiger partial charge < -0.3 is 14.2 Å². The molecule has 1 aromatic heterocycles. The van der Waals surface area contributed by atoms with Crippen LogP contribution >= 0.6 is 0 Å². The Balaban J connectivity index is 2.32. The van der Waals surface area contributed by atoms with Crippen LogP contribution in [0.2, 0.25) is 0 Å². The molecule has 0 atom stereocenters. The molecule has 0 aliphatic carbocycles. The van der Waals surface area contributed by atoms with Crippen LogP contribution in [0.3, 0.4) is 0 Å². The van der Waals surface area contributed by atoms with E-state index in [-0.39, 0.29) is 17.6 Å². The van der Waals surface area contributed by atoms with E-state index in [1.165, 1.54) is 25.3 Å². The third kappa shape index (κ3) is 5.03. The van der Waals surface area contributed by atoms with Crippen LogP contribution in [-0.2, 0) is 0 Å². The minimum atomic E-state index is -4.76. The third-order valence-electron chi connectivity index (χ3n) is 3.93. The molecule has 0 spiro atoms. The molecule has 0 saturated carbocycles. The number of hydrogen-bond donors (Lipinski definition) is 0. The lowest BCUT2D eigenvalue weighted by Gasteiger charge is -2.17. The summed E-state index contributed by atoms with van der Waals surface area (Å²) in [6.45, 7) is 5.97. The van der Waals surface area contributed by atoms with Gasteiger partial charge in [-0.05, 0) is 43.5 Å². The third-order valence-corrected chi connectivity index (χ3v) is 3.93. The molecule has 4 nitrogen and oxygen atoms in total. The monoisotopic (exact) mass is 369 g/mol. The maximum absolute atomic E-state index is 12.4.